The predicted octanol–water partition coefficient (Wildman–Crippen LogP) is 4.49. The summed E-state index contributed by atoms with van der Waals surface area (Å²) < 4.78 is 10.9. The first kappa shape index (κ1) is 16.1. The van der Waals surface area contributed by atoms with E-state index in [0.717, 1.165) is 28.6 Å². The van der Waals surface area contributed by atoms with Gasteiger partial charge in [-0.25, -0.2) is 0 Å². The van der Waals surface area contributed by atoms with Crippen LogP contribution in [0.25, 0.3) is 10.9 Å². The standard InChI is InChI=1S/C20H21NO3/c1-2-13-23-16-8-10-17(11-9-16)24-20(22)12-7-15-14-21-19-6-4-3-5-18(15)19/h3-6,8-11,14,21H,2,7,12-13H2,1H3. The van der Waals surface area contributed by atoms with E-state index in [4.69, 9.17) is 9.47 Å². The topological polar surface area (TPSA) is 51.3 Å². The third-order valence-electron chi connectivity index (χ3n) is 3.80. The number of esters is 1. The predicted molar refractivity (Wildman–Crippen MR) is 94.5 cm³/mol. The van der Waals surface area contributed by atoms with Gasteiger partial charge in [0.2, 0.25) is 0 Å². The van der Waals surface area contributed by atoms with Crippen molar-refractivity contribution in [1.82, 2.24) is 4.98 Å². The van der Waals surface area contributed by atoms with Gasteiger partial charge in [-0.15, -0.1) is 0 Å². The lowest BCUT2D eigenvalue weighted by atomic mass is 10.1. The molecule has 0 fully saturated rings. The van der Waals surface area contributed by atoms with Gasteiger partial charge in [-0.05, 0) is 48.7 Å². The summed E-state index contributed by atoms with van der Waals surface area (Å²) in [6.45, 7) is 2.74. The second kappa shape index (κ2) is 7.68. The van der Waals surface area contributed by atoms with Gasteiger partial charge in [0, 0.05) is 17.1 Å². The van der Waals surface area contributed by atoms with Crippen molar-refractivity contribution in [2.24, 2.45) is 0 Å². The fourth-order valence-corrected chi connectivity index (χ4v) is 2.58. The number of nitrogens with one attached hydrogen (secondary N) is 1. The highest BCUT2D eigenvalue weighted by atomic mass is 16.5. The SMILES string of the molecule is CCCOc1ccc(OC(=O)CCc2c[nH]c3ccccc23)cc1. The largest absolute Gasteiger partial charge is 0.494 e. The highest BCUT2D eigenvalue weighted by molar-refractivity contribution is 5.83. The number of H-pyrrole nitrogens is 1. The summed E-state index contributed by atoms with van der Waals surface area (Å²) in [7, 11) is 0. The minimum atomic E-state index is -0.234. The van der Waals surface area contributed by atoms with Crippen molar-refractivity contribution >= 4 is 16.9 Å². The molecule has 0 bridgehead atoms. The second-order valence-corrected chi connectivity index (χ2v) is 5.65. The van der Waals surface area contributed by atoms with Crippen molar-refractivity contribution in [3.63, 3.8) is 0 Å². The van der Waals surface area contributed by atoms with Gasteiger partial charge in [-0.1, -0.05) is 25.1 Å². The number of carbonyl (C=O) groups is 1. The lowest BCUT2D eigenvalue weighted by Crippen LogP contribution is -2.08. The summed E-state index contributed by atoms with van der Waals surface area (Å²) in [6, 6.07) is 15.2. The number of ether oxygens (including phenoxy) is 2. The molecule has 1 heterocycles. The normalized spacial score (nSPS) is 10.7. The summed E-state index contributed by atoms with van der Waals surface area (Å²) in [6.07, 6.45) is 3.92. The Bertz CT molecular complexity index is 805. The maximum Gasteiger partial charge on any atom is 0.311 e. The van der Waals surface area contributed by atoms with E-state index in [-0.39, 0.29) is 5.97 Å². The first-order valence-corrected chi connectivity index (χ1v) is 8.25. The Balaban J connectivity index is 1.54. The average molecular weight is 323 g/mol. The molecule has 4 nitrogen and oxygen atoms in total. The maximum atomic E-state index is 12.0. The summed E-state index contributed by atoms with van der Waals surface area (Å²) >= 11 is 0. The number of aromatic amines is 1. The maximum absolute atomic E-state index is 12.0. The quantitative estimate of drug-likeness (QED) is 0.514. The molecular formula is C20H21NO3. The molecule has 0 aliphatic carbocycles. The molecule has 4 heteroatoms. The van der Waals surface area contributed by atoms with Gasteiger partial charge in [0.25, 0.3) is 0 Å². The lowest BCUT2D eigenvalue weighted by molar-refractivity contribution is -0.134. The van der Waals surface area contributed by atoms with Crippen LogP contribution in [-0.4, -0.2) is 17.6 Å². The molecule has 124 valence electrons. The molecule has 0 saturated carbocycles. The van der Waals surface area contributed by atoms with Crippen LogP contribution in [0.4, 0.5) is 0 Å². The first-order chi connectivity index (χ1) is 11.8. The van der Waals surface area contributed by atoms with Crippen molar-refractivity contribution in [2.75, 3.05) is 6.61 Å². The monoisotopic (exact) mass is 323 g/mol. The zero-order valence-corrected chi connectivity index (χ0v) is 13.7. The molecule has 0 spiro atoms. The number of hydrogen-bond acceptors (Lipinski definition) is 3. The van der Waals surface area contributed by atoms with Crippen molar-refractivity contribution in [3.05, 3.63) is 60.3 Å². The highest BCUT2D eigenvalue weighted by Gasteiger charge is 2.09. The minimum absolute atomic E-state index is 0.234. The van der Waals surface area contributed by atoms with Crippen molar-refractivity contribution in [3.8, 4) is 11.5 Å². The highest BCUT2D eigenvalue weighted by Crippen LogP contribution is 2.21. The third-order valence-corrected chi connectivity index (χ3v) is 3.80. The number of aromatic nitrogens is 1. The Kier molecular flexibility index (Phi) is 5.16. The van der Waals surface area contributed by atoms with Crippen LogP contribution in [0.2, 0.25) is 0 Å². The van der Waals surface area contributed by atoms with Gasteiger partial charge in [0.05, 0.1) is 13.0 Å². The Morgan fingerprint density at radius 1 is 1.04 bits per heavy atom. The van der Waals surface area contributed by atoms with Crippen LogP contribution >= 0.6 is 0 Å². The van der Waals surface area contributed by atoms with Crippen LogP contribution in [0, 0.1) is 0 Å². The van der Waals surface area contributed by atoms with E-state index in [2.05, 4.69) is 18.0 Å². The number of benzene rings is 2. The summed E-state index contributed by atoms with van der Waals surface area (Å²) in [5.74, 6) is 1.10. The molecule has 3 rings (SSSR count). The van der Waals surface area contributed by atoms with E-state index < -0.39 is 0 Å². The third kappa shape index (κ3) is 3.96. The molecule has 0 atom stereocenters. The molecule has 0 aliphatic heterocycles. The van der Waals surface area contributed by atoms with Crippen molar-refractivity contribution in [2.45, 2.75) is 26.2 Å². The smallest absolute Gasteiger partial charge is 0.311 e. The number of carbonyl (C=O) groups excluding carboxylic acids is 1. The molecule has 2 aromatic carbocycles. The summed E-state index contributed by atoms with van der Waals surface area (Å²) in [5.41, 5.74) is 2.22. The number of para-hydroxylation sites is 1. The van der Waals surface area contributed by atoms with Crippen LogP contribution in [0.1, 0.15) is 25.3 Å². The number of hydrogen-bond donors (Lipinski definition) is 1. The van der Waals surface area contributed by atoms with E-state index in [9.17, 15) is 4.79 Å². The van der Waals surface area contributed by atoms with Gasteiger partial charge >= 0.3 is 5.97 Å². The van der Waals surface area contributed by atoms with Gasteiger partial charge in [-0.3, -0.25) is 4.79 Å². The molecule has 1 N–H and O–H groups in total. The lowest BCUT2D eigenvalue weighted by Gasteiger charge is -2.07. The molecule has 0 unspecified atom stereocenters. The minimum Gasteiger partial charge on any atom is -0.494 e. The fraction of sp³-hybridized carbons (Fsp3) is 0.250. The van der Waals surface area contributed by atoms with E-state index in [1.165, 1.54) is 0 Å². The number of aryl methyl sites for hydroxylation is 1. The molecule has 1 aromatic heterocycles. The van der Waals surface area contributed by atoms with Gasteiger partial charge in [0.1, 0.15) is 11.5 Å². The molecule has 3 aromatic rings. The molecule has 0 amide bonds. The van der Waals surface area contributed by atoms with E-state index in [1.54, 1.807) is 12.1 Å². The summed E-state index contributed by atoms with van der Waals surface area (Å²) in [4.78, 5) is 15.3. The van der Waals surface area contributed by atoms with Crippen LogP contribution in [0.15, 0.2) is 54.7 Å². The van der Waals surface area contributed by atoms with Gasteiger partial charge < -0.3 is 14.5 Å². The first-order valence-electron chi connectivity index (χ1n) is 8.25. The van der Waals surface area contributed by atoms with Gasteiger partial charge in [-0.2, -0.15) is 0 Å². The Labute approximate surface area is 141 Å². The van der Waals surface area contributed by atoms with Crippen LogP contribution in [-0.2, 0) is 11.2 Å². The molecule has 24 heavy (non-hydrogen) atoms. The zero-order valence-electron chi connectivity index (χ0n) is 13.7. The zero-order chi connectivity index (χ0) is 16.8. The number of fused-ring (bicyclic) bond motifs is 1. The van der Waals surface area contributed by atoms with Crippen molar-refractivity contribution in [1.29, 1.82) is 0 Å². The summed E-state index contributed by atoms with van der Waals surface area (Å²) in [5, 5.41) is 1.16. The van der Waals surface area contributed by atoms with E-state index >= 15 is 0 Å². The second-order valence-electron chi connectivity index (χ2n) is 5.65. The average Bonchev–Trinajstić information content (AvgIpc) is 3.03. The molecule has 0 radical (unpaired) electrons. The Hall–Kier alpha value is -2.75. The molecule has 0 aliphatic rings. The van der Waals surface area contributed by atoms with Crippen LogP contribution < -0.4 is 9.47 Å². The molecule has 0 saturated heterocycles. The molecular weight excluding hydrogens is 302 g/mol. The Morgan fingerprint density at radius 2 is 1.79 bits per heavy atom. The van der Waals surface area contributed by atoms with Crippen LogP contribution in [0.5, 0.6) is 11.5 Å². The van der Waals surface area contributed by atoms with Crippen LogP contribution in [0.3, 0.4) is 0 Å². The van der Waals surface area contributed by atoms with Gasteiger partial charge in [0.15, 0.2) is 0 Å². The van der Waals surface area contributed by atoms with E-state index in [0.29, 0.717) is 25.2 Å². The van der Waals surface area contributed by atoms with E-state index in [1.807, 2.05) is 36.5 Å². The van der Waals surface area contributed by atoms with Crippen molar-refractivity contribution < 1.29 is 14.3 Å². The Morgan fingerprint density at radius 3 is 2.58 bits per heavy atom. The fourth-order valence-electron chi connectivity index (χ4n) is 2.58. The number of rotatable bonds is 7.